The summed E-state index contributed by atoms with van der Waals surface area (Å²) in [6.45, 7) is 8.02. The molecular formula is C16H20O3S. The summed E-state index contributed by atoms with van der Waals surface area (Å²) in [5.41, 5.74) is -0.216. The van der Waals surface area contributed by atoms with E-state index < -0.39 is 9.84 Å². The first-order chi connectivity index (χ1) is 9.24. The van der Waals surface area contributed by atoms with Crippen LogP contribution in [-0.2, 0) is 14.6 Å². The highest BCUT2D eigenvalue weighted by atomic mass is 32.2. The van der Waals surface area contributed by atoms with Gasteiger partial charge in [0, 0.05) is 5.41 Å². The molecule has 0 aliphatic heterocycles. The maximum atomic E-state index is 12.2. The lowest BCUT2D eigenvalue weighted by atomic mass is 9.98. The van der Waals surface area contributed by atoms with E-state index in [-0.39, 0.29) is 16.1 Å². The predicted octanol–water partition coefficient (Wildman–Crippen LogP) is 3.39. The van der Waals surface area contributed by atoms with Gasteiger partial charge in [-0.1, -0.05) is 24.1 Å². The van der Waals surface area contributed by atoms with Crippen LogP contribution in [0.25, 0.3) is 0 Å². The van der Waals surface area contributed by atoms with Crippen molar-refractivity contribution >= 4 is 9.84 Å². The second-order valence-corrected chi connectivity index (χ2v) is 7.07. The van der Waals surface area contributed by atoms with Gasteiger partial charge in [0.05, 0.1) is 16.9 Å². The van der Waals surface area contributed by atoms with Gasteiger partial charge in [-0.3, -0.25) is 0 Å². The third-order valence-electron chi connectivity index (χ3n) is 2.19. The SMILES string of the molecule is CCO/C(C#CC(C)(C)C)=C/S(=O)(=O)c1ccccc1. The average molecular weight is 292 g/mol. The molecule has 0 spiro atoms. The number of sulfone groups is 1. The molecule has 0 heterocycles. The summed E-state index contributed by atoms with van der Waals surface area (Å²) in [6.07, 6.45) is 0. The first-order valence-corrected chi connectivity index (χ1v) is 7.97. The normalized spacial score (nSPS) is 12.5. The minimum atomic E-state index is -3.54. The molecule has 20 heavy (non-hydrogen) atoms. The van der Waals surface area contributed by atoms with Crippen molar-refractivity contribution in [1.82, 2.24) is 0 Å². The molecule has 0 saturated carbocycles. The Morgan fingerprint density at radius 1 is 1.25 bits per heavy atom. The number of allylic oxidation sites excluding steroid dienone is 1. The molecule has 0 amide bonds. The van der Waals surface area contributed by atoms with Crippen LogP contribution in [0.4, 0.5) is 0 Å². The van der Waals surface area contributed by atoms with Gasteiger partial charge in [0.1, 0.15) is 0 Å². The zero-order valence-corrected chi connectivity index (χ0v) is 13.1. The molecule has 1 rings (SSSR count). The molecule has 0 aliphatic rings. The fraction of sp³-hybridized carbons (Fsp3) is 0.375. The largest absolute Gasteiger partial charge is 0.485 e. The van der Waals surface area contributed by atoms with Crippen molar-refractivity contribution in [2.75, 3.05) is 6.61 Å². The van der Waals surface area contributed by atoms with Gasteiger partial charge in [-0.2, -0.15) is 0 Å². The number of hydrogen-bond acceptors (Lipinski definition) is 3. The van der Waals surface area contributed by atoms with Crippen LogP contribution >= 0.6 is 0 Å². The van der Waals surface area contributed by atoms with Gasteiger partial charge in [0.15, 0.2) is 5.76 Å². The molecule has 3 nitrogen and oxygen atoms in total. The highest BCUT2D eigenvalue weighted by Crippen LogP contribution is 2.15. The van der Waals surface area contributed by atoms with E-state index >= 15 is 0 Å². The fourth-order valence-corrected chi connectivity index (χ4v) is 2.40. The zero-order valence-electron chi connectivity index (χ0n) is 12.3. The smallest absolute Gasteiger partial charge is 0.204 e. The van der Waals surface area contributed by atoms with E-state index in [1.54, 1.807) is 37.3 Å². The minimum absolute atomic E-state index is 0.172. The number of ether oxygens (including phenoxy) is 1. The predicted molar refractivity (Wildman–Crippen MR) is 80.6 cm³/mol. The van der Waals surface area contributed by atoms with Crippen LogP contribution in [0, 0.1) is 17.3 Å². The van der Waals surface area contributed by atoms with Crippen molar-refractivity contribution in [3.63, 3.8) is 0 Å². The summed E-state index contributed by atoms with van der Waals surface area (Å²) in [5.74, 6) is 5.94. The molecule has 0 aromatic heterocycles. The summed E-state index contributed by atoms with van der Waals surface area (Å²) < 4.78 is 29.7. The summed E-state index contributed by atoms with van der Waals surface area (Å²) in [5, 5.41) is 1.09. The van der Waals surface area contributed by atoms with E-state index in [9.17, 15) is 8.42 Å². The van der Waals surface area contributed by atoms with Crippen LogP contribution in [0.15, 0.2) is 46.4 Å². The number of rotatable bonds is 4. The van der Waals surface area contributed by atoms with Gasteiger partial charge in [0.25, 0.3) is 0 Å². The van der Waals surface area contributed by atoms with Crippen LogP contribution in [0.3, 0.4) is 0 Å². The van der Waals surface area contributed by atoms with Crippen molar-refractivity contribution in [3.8, 4) is 11.8 Å². The first-order valence-electron chi connectivity index (χ1n) is 6.42. The molecular weight excluding hydrogens is 272 g/mol. The van der Waals surface area contributed by atoms with Crippen LogP contribution in [0.5, 0.6) is 0 Å². The summed E-state index contributed by atoms with van der Waals surface area (Å²) in [7, 11) is -3.54. The standard InChI is InChI=1S/C16H20O3S/c1-5-19-14(11-12-16(2,3)4)13-20(17,18)15-9-7-6-8-10-15/h6-10,13H,5H2,1-4H3/b14-13+. The van der Waals surface area contributed by atoms with E-state index in [2.05, 4.69) is 11.8 Å². The van der Waals surface area contributed by atoms with Gasteiger partial charge in [-0.25, -0.2) is 8.42 Å². The highest BCUT2D eigenvalue weighted by molar-refractivity contribution is 7.94. The molecule has 4 heteroatoms. The molecule has 0 aliphatic carbocycles. The minimum Gasteiger partial charge on any atom is -0.485 e. The average Bonchev–Trinajstić information content (AvgIpc) is 2.36. The van der Waals surface area contributed by atoms with Gasteiger partial charge in [-0.05, 0) is 45.7 Å². The first kappa shape index (κ1) is 16.3. The molecule has 0 unspecified atom stereocenters. The van der Waals surface area contributed by atoms with Crippen LogP contribution in [-0.4, -0.2) is 15.0 Å². The Balaban J connectivity index is 3.17. The second-order valence-electron chi connectivity index (χ2n) is 5.27. The van der Waals surface area contributed by atoms with Gasteiger partial charge >= 0.3 is 0 Å². The zero-order chi connectivity index (χ0) is 15.2. The summed E-state index contributed by atoms with van der Waals surface area (Å²) >= 11 is 0. The highest BCUT2D eigenvalue weighted by Gasteiger charge is 2.13. The van der Waals surface area contributed by atoms with E-state index in [1.807, 2.05) is 20.8 Å². The quantitative estimate of drug-likeness (QED) is 0.631. The lowest BCUT2D eigenvalue weighted by Crippen LogP contribution is -2.02. The van der Waals surface area contributed by atoms with Crippen LogP contribution in [0.1, 0.15) is 27.7 Å². The lowest BCUT2D eigenvalue weighted by Gasteiger charge is -2.08. The third-order valence-corrected chi connectivity index (χ3v) is 3.65. The monoisotopic (exact) mass is 292 g/mol. The van der Waals surface area contributed by atoms with Crippen molar-refractivity contribution < 1.29 is 13.2 Å². The molecule has 0 bridgehead atoms. The Morgan fingerprint density at radius 2 is 1.85 bits per heavy atom. The molecule has 1 aromatic carbocycles. The van der Waals surface area contributed by atoms with Gasteiger partial charge < -0.3 is 4.74 Å². The maximum absolute atomic E-state index is 12.2. The molecule has 108 valence electrons. The van der Waals surface area contributed by atoms with Crippen molar-refractivity contribution in [2.24, 2.45) is 5.41 Å². The Bertz CT molecular complexity index is 624. The third kappa shape index (κ3) is 5.50. The topological polar surface area (TPSA) is 43.4 Å². The molecule has 0 N–H and O–H groups in total. The fourth-order valence-electron chi connectivity index (χ4n) is 1.32. The number of hydrogen-bond donors (Lipinski definition) is 0. The Kier molecular flexibility index (Phi) is 5.41. The van der Waals surface area contributed by atoms with Crippen LogP contribution < -0.4 is 0 Å². The molecule has 1 aromatic rings. The lowest BCUT2D eigenvalue weighted by molar-refractivity contribution is 0.246. The van der Waals surface area contributed by atoms with E-state index in [4.69, 9.17) is 4.74 Å². The maximum Gasteiger partial charge on any atom is 0.204 e. The molecule has 0 radical (unpaired) electrons. The van der Waals surface area contributed by atoms with Gasteiger partial charge in [0.2, 0.25) is 9.84 Å². The molecule has 0 saturated heterocycles. The Hall–Kier alpha value is -1.73. The van der Waals surface area contributed by atoms with Crippen molar-refractivity contribution in [3.05, 3.63) is 41.5 Å². The second kappa shape index (κ2) is 6.62. The van der Waals surface area contributed by atoms with E-state index in [0.717, 1.165) is 5.41 Å². The van der Waals surface area contributed by atoms with Crippen LogP contribution in [0.2, 0.25) is 0 Å². The Labute approximate surface area is 121 Å². The molecule has 0 atom stereocenters. The van der Waals surface area contributed by atoms with Crippen molar-refractivity contribution in [2.45, 2.75) is 32.6 Å². The van der Waals surface area contributed by atoms with Gasteiger partial charge in [-0.15, -0.1) is 0 Å². The summed E-state index contributed by atoms with van der Waals surface area (Å²) in [6, 6.07) is 8.23. The Morgan fingerprint density at radius 3 is 2.35 bits per heavy atom. The number of benzene rings is 1. The summed E-state index contributed by atoms with van der Waals surface area (Å²) in [4.78, 5) is 0.231. The van der Waals surface area contributed by atoms with Crippen molar-refractivity contribution in [1.29, 1.82) is 0 Å². The van der Waals surface area contributed by atoms with E-state index in [0.29, 0.717) is 6.61 Å². The van der Waals surface area contributed by atoms with E-state index in [1.165, 1.54) is 0 Å². The molecule has 0 fully saturated rings.